The minimum Gasteiger partial charge on any atom is -0.365 e. The number of anilines is 3. The van der Waals surface area contributed by atoms with Gasteiger partial charge in [0.25, 0.3) is 0 Å². The molecule has 4 nitrogen and oxygen atoms in total. The number of benzene rings is 1. The van der Waals surface area contributed by atoms with Crippen molar-refractivity contribution in [3.8, 4) is 0 Å². The summed E-state index contributed by atoms with van der Waals surface area (Å²) in [6.45, 7) is 7.96. The summed E-state index contributed by atoms with van der Waals surface area (Å²) in [5.74, 6) is 1.59. The quantitative estimate of drug-likeness (QED) is 0.891. The summed E-state index contributed by atoms with van der Waals surface area (Å²) in [5, 5.41) is 6.25. The molecule has 0 fully saturated rings. The van der Waals surface area contributed by atoms with Crippen LogP contribution in [0.25, 0.3) is 0 Å². The van der Waals surface area contributed by atoms with Gasteiger partial charge in [-0.15, -0.1) is 0 Å². The molecule has 0 saturated carbocycles. The first-order valence-corrected chi connectivity index (χ1v) is 6.49. The maximum absolute atomic E-state index is 13.6. The van der Waals surface area contributed by atoms with Crippen LogP contribution in [-0.4, -0.2) is 15.5 Å². The van der Waals surface area contributed by atoms with Gasteiger partial charge in [-0.3, -0.25) is 0 Å². The Hall–Kier alpha value is -2.17. The molecule has 0 bridgehead atoms. The predicted molar refractivity (Wildman–Crippen MR) is 79.8 cm³/mol. The molecule has 0 atom stereocenters. The number of aryl methyl sites for hydroxylation is 1. The number of aromatic nitrogens is 2. The molecule has 0 unspecified atom stereocenters. The van der Waals surface area contributed by atoms with Crippen LogP contribution in [0.3, 0.4) is 0 Å². The largest absolute Gasteiger partial charge is 0.365 e. The number of hydrogen-bond acceptors (Lipinski definition) is 4. The molecular weight excluding hydrogens is 255 g/mol. The van der Waals surface area contributed by atoms with E-state index in [4.69, 9.17) is 0 Å². The number of rotatable bonds is 3. The summed E-state index contributed by atoms with van der Waals surface area (Å²) < 4.78 is 13.6. The molecule has 5 heteroatoms. The number of nitrogens with zero attached hydrogens (tertiary/aromatic N) is 2. The smallest absolute Gasteiger partial charge is 0.146 e. The van der Waals surface area contributed by atoms with Crippen molar-refractivity contribution in [1.82, 2.24) is 9.97 Å². The van der Waals surface area contributed by atoms with Crippen LogP contribution in [0, 0.1) is 12.7 Å². The van der Waals surface area contributed by atoms with Crippen molar-refractivity contribution >= 4 is 17.3 Å². The molecule has 2 N–H and O–H groups in total. The van der Waals surface area contributed by atoms with Crippen LogP contribution < -0.4 is 10.6 Å². The van der Waals surface area contributed by atoms with Crippen LogP contribution in [0.2, 0.25) is 0 Å². The van der Waals surface area contributed by atoms with Gasteiger partial charge in [0.2, 0.25) is 0 Å². The second-order valence-electron chi connectivity index (χ2n) is 5.67. The molecule has 0 amide bonds. The topological polar surface area (TPSA) is 49.8 Å². The zero-order chi connectivity index (χ0) is 14.8. The van der Waals surface area contributed by atoms with Crippen molar-refractivity contribution in [3.63, 3.8) is 0 Å². The van der Waals surface area contributed by atoms with Gasteiger partial charge >= 0.3 is 0 Å². The molecule has 2 rings (SSSR count). The van der Waals surface area contributed by atoms with Crippen molar-refractivity contribution < 1.29 is 4.39 Å². The van der Waals surface area contributed by atoms with E-state index in [0.29, 0.717) is 23.1 Å². The molecule has 1 aromatic carbocycles. The molecule has 0 spiro atoms. The summed E-state index contributed by atoms with van der Waals surface area (Å²) in [7, 11) is 0. The average Bonchev–Trinajstić information content (AvgIpc) is 2.29. The zero-order valence-corrected chi connectivity index (χ0v) is 12.2. The van der Waals surface area contributed by atoms with E-state index in [-0.39, 0.29) is 11.4 Å². The highest BCUT2D eigenvalue weighted by molar-refractivity contribution is 5.59. The molecule has 1 heterocycles. The lowest BCUT2D eigenvalue weighted by Gasteiger charge is -2.21. The Morgan fingerprint density at radius 3 is 2.35 bits per heavy atom. The third kappa shape index (κ3) is 3.91. The Morgan fingerprint density at radius 2 is 1.70 bits per heavy atom. The summed E-state index contributed by atoms with van der Waals surface area (Å²) in [6, 6.07) is 8.27. The first-order chi connectivity index (χ1) is 9.33. The first-order valence-electron chi connectivity index (χ1n) is 6.49. The van der Waals surface area contributed by atoms with Crippen molar-refractivity contribution in [2.75, 3.05) is 10.6 Å². The van der Waals surface area contributed by atoms with Gasteiger partial charge in [0.05, 0.1) is 5.69 Å². The SMILES string of the molecule is Cc1nc(Nc2ccccc2F)cc(NC(C)(C)C)n1. The Bertz CT molecular complexity index is 605. The van der Waals surface area contributed by atoms with E-state index >= 15 is 0 Å². The predicted octanol–water partition coefficient (Wildman–Crippen LogP) is 3.88. The molecule has 1 aromatic heterocycles. The molecule has 0 radical (unpaired) electrons. The minimum atomic E-state index is -0.311. The van der Waals surface area contributed by atoms with E-state index in [9.17, 15) is 4.39 Å². The van der Waals surface area contributed by atoms with Crippen molar-refractivity contribution in [1.29, 1.82) is 0 Å². The number of hydrogen-bond donors (Lipinski definition) is 2. The summed E-state index contributed by atoms with van der Waals surface area (Å²) >= 11 is 0. The van der Waals surface area contributed by atoms with Crippen molar-refractivity contribution in [2.45, 2.75) is 33.2 Å². The highest BCUT2D eigenvalue weighted by Crippen LogP contribution is 2.21. The number of para-hydroxylation sites is 1. The van der Waals surface area contributed by atoms with E-state index in [1.54, 1.807) is 31.2 Å². The minimum absolute atomic E-state index is 0.101. The molecule has 0 saturated heterocycles. The fraction of sp³-hybridized carbons (Fsp3) is 0.333. The van der Waals surface area contributed by atoms with E-state index in [1.165, 1.54) is 6.07 Å². The number of halogens is 1. The van der Waals surface area contributed by atoms with Crippen LogP contribution >= 0.6 is 0 Å². The molecular formula is C15H19FN4. The van der Waals surface area contributed by atoms with E-state index in [1.807, 2.05) is 0 Å². The first kappa shape index (κ1) is 14.2. The maximum Gasteiger partial charge on any atom is 0.146 e. The van der Waals surface area contributed by atoms with Gasteiger partial charge in [0, 0.05) is 11.6 Å². The van der Waals surface area contributed by atoms with Gasteiger partial charge in [0.1, 0.15) is 23.3 Å². The van der Waals surface area contributed by atoms with Crippen LogP contribution in [-0.2, 0) is 0 Å². The Kier molecular flexibility index (Phi) is 3.88. The maximum atomic E-state index is 13.6. The Balaban J connectivity index is 2.27. The van der Waals surface area contributed by atoms with E-state index in [2.05, 4.69) is 41.4 Å². The highest BCUT2D eigenvalue weighted by Gasteiger charge is 2.12. The van der Waals surface area contributed by atoms with Gasteiger partial charge in [-0.05, 0) is 39.8 Å². The monoisotopic (exact) mass is 274 g/mol. The summed E-state index contributed by atoms with van der Waals surface area (Å²) in [5.41, 5.74) is 0.295. The second-order valence-corrected chi connectivity index (χ2v) is 5.67. The summed E-state index contributed by atoms with van der Waals surface area (Å²) in [6.07, 6.45) is 0. The zero-order valence-electron chi connectivity index (χ0n) is 12.2. The number of nitrogens with one attached hydrogen (secondary N) is 2. The van der Waals surface area contributed by atoms with Gasteiger partial charge in [-0.2, -0.15) is 0 Å². The molecule has 2 aromatic rings. The lowest BCUT2D eigenvalue weighted by atomic mass is 10.1. The van der Waals surface area contributed by atoms with Crippen LogP contribution in [0.1, 0.15) is 26.6 Å². The van der Waals surface area contributed by atoms with Crippen LogP contribution in [0.4, 0.5) is 21.7 Å². The average molecular weight is 274 g/mol. The normalized spacial score (nSPS) is 11.2. The van der Waals surface area contributed by atoms with E-state index < -0.39 is 0 Å². The van der Waals surface area contributed by atoms with Gasteiger partial charge < -0.3 is 10.6 Å². The molecule has 0 aliphatic carbocycles. The van der Waals surface area contributed by atoms with Gasteiger partial charge in [-0.1, -0.05) is 12.1 Å². The lowest BCUT2D eigenvalue weighted by Crippen LogP contribution is -2.27. The molecule has 106 valence electrons. The molecule has 0 aliphatic heterocycles. The van der Waals surface area contributed by atoms with Gasteiger partial charge in [-0.25, -0.2) is 14.4 Å². The van der Waals surface area contributed by atoms with E-state index in [0.717, 1.165) is 0 Å². The second kappa shape index (κ2) is 5.45. The Morgan fingerprint density at radius 1 is 1.05 bits per heavy atom. The third-order valence-corrected chi connectivity index (χ3v) is 2.48. The molecule has 0 aliphatic rings. The van der Waals surface area contributed by atoms with Crippen LogP contribution in [0.15, 0.2) is 30.3 Å². The van der Waals surface area contributed by atoms with Crippen molar-refractivity contribution in [2.24, 2.45) is 0 Å². The lowest BCUT2D eigenvalue weighted by molar-refractivity contribution is 0.628. The summed E-state index contributed by atoms with van der Waals surface area (Å²) in [4.78, 5) is 8.60. The van der Waals surface area contributed by atoms with Crippen molar-refractivity contribution in [3.05, 3.63) is 42.0 Å². The molecule has 20 heavy (non-hydrogen) atoms. The van der Waals surface area contributed by atoms with Gasteiger partial charge in [0.15, 0.2) is 0 Å². The highest BCUT2D eigenvalue weighted by atomic mass is 19.1. The third-order valence-electron chi connectivity index (χ3n) is 2.48. The standard InChI is InChI=1S/C15H19FN4/c1-10-17-13(9-14(18-10)20-15(2,3)4)19-12-8-6-5-7-11(12)16/h5-9H,1-4H3,(H2,17,18,19,20). The van der Waals surface area contributed by atoms with Crippen LogP contribution in [0.5, 0.6) is 0 Å². The fourth-order valence-corrected chi connectivity index (χ4v) is 1.78. The fourth-order valence-electron chi connectivity index (χ4n) is 1.78. The Labute approximate surface area is 118 Å².